The van der Waals surface area contributed by atoms with Crippen molar-refractivity contribution in [3.8, 4) is 0 Å². The summed E-state index contributed by atoms with van der Waals surface area (Å²) in [5.41, 5.74) is 0.174. The average molecular weight is 403 g/mol. The van der Waals surface area contributed by atoms with Crippen LogP contribution in [0.1, 0.15) is 74.7 Å². The molecule has 0 N–H and O–H groups in total. The van der Waals surface area contributed by atoms with E-state index in [-0.39, 0.29) is 17.3 Å². The molecule has 3 unspecified atom stereocenters. The third-order valence-corrected chi connectivity index (χ3v) is 7.66. The summed E-state index contributed by atoms with van der Waals surface area (Å²) in [6.45, 7) is 15.4. The Hall–Kier alpha value is -1.40. The molecule has 0 saturated carbocycles. The first-order valence-electron chi connectivity index (χ1n) is 11.0. The summed E-state index contributed by atoms with van der Waals surface area (Å²) < 4.78 is 32.7. The molecule has 2 heteroatoms. The van der Waals surface area contributed by atoms with Crippen LogP contribution in [0.25, 0.3) is 0 Å². The average Bonchev–Trinajstić information content (AvgIpc) is 2.56. The molecule has 2 rings (SSSR count). The van der Waals surface area contributed by atoms with Crippen molar-refractivity contribution in [3.05, 3.63) is 54.3 Å². The number of halogens is 2. The van der Waals surface area contributed by atoms with Gasteiger partial charge in [-0.05, 0) is 48.7 Å². The minimum Gasteiger partial charge on any atom is -0.206 e. The number of alkyl halides is 2. The van der Waals surface area contributed by atoms with Gasteiger partial charge in [-0.2, -0.15) is 0 Å². The summed E-state index contributed by atoms with van der Waals surface area (Å²) >= 11 is 0. The fraction of sp³-hybridized carbons (Fsp3) is 0.667. The van der Waals surface area contributed by atoms with Gasteiger partial charge in [0.2, 0.25) is 0 Å². The van der Waals surface area contributed by atoms with E-state index >= 15 is 8.78 Å². The van der Waals surface area contributed by atoms with Crippen LogP contribution >= 0.6 is 0 Å². The standard InChI is InChI=1S/C27H40F2/c1-21-13-9-19-26(8,20-10-14-21)25(6,7)27(28,29)24(4,5)22-15-11-17-23(2,3)18-12-16-22/h9,11-15,18,20-22H,16-17,19H2,1-8H3. The minimum absolute atomic E-state index is 0.0837. The van der Waals surface area contributed by atoms with E-state index in [0.717, 1.165) is 6.42 Å². The molecule has 0 spiro atoms. The normalized spacial score (nSPS) is 30.6. The lowest BCUT2D eigenvalue weighted by atomic mass is 9.54. The van der Waals surface area contributed by atoms with Crippen LogP contribution in [0.3, 0.4) is 0 Å². The van der Waals surface area contributed by atoms with Crippen LogP contribution in [0.5, 0.6) is 0 Å². The van der Waals surface area contributed by atoms with Crippen LogP contribution in [0.2, 0.25) is 0 Å². The molecule has 0 aromatic heterocycles. The number of hydrogen-bond donors (Lipinski definition) is 0. The van der Waals surface area contributed by atoms with E-state index in [1.165, 1.54) is 0 Å². The van der Waals surface area contributed by atoms with Crippen molar-refractivity contribution in [1.82, 2.24) is 0 Å². The molecule has 0 aromatic carbocycles. The quantitative estimate of drug-likeness (QED) is 0.326. The van der Waals surface area contributed by atoms with Crippen molar-refractivity contribution in [1.29, 1.82) is 0 Å². The summed E-state index contributed by atoms with van der Waals surface area (Å²) in [7, 11) is 0. The van der Waals surface area contributed by atoms with E-state index in [1.54, 1.807) is 27.7 Å². The fourth-order valence-corrected chi connectivity index (χ4v) is 4.61. The zero-order chi connectivity index (χ0) is 22.1. The Bertz CT molecular complexity index is 738. The van der Waals surface area contributed by atoms with E-state index in [2.05, 4.69) is 56.9 Å². The van der Waals surface area contributed by atoms with Crippen LogP contribution in [0, 0.1) is 33.5 Å². The Morgan fingerprint density at radius 3 is 2.21 bits per heavy atom. The number of allylic oxidation sites excluding steroid dienone is 7. The molecule has 0 aliphatic heterocycles. The molecular formula is C27H40F2. The van der Waals surface area contributed by atoms with Gasteiger partial charge in [0, 0.05) is 16.2 Å². The summed E-state index contributed by atoms with van der Waals surface area (Å²) in [5, 5.41) is 0. The maximum Gasteiger partial charge on any atom is 0.259 e. The van der Waals surface area contributed by atoms with Gasteiger partial charge in [0.15, 0.2) is 0 Å². The Morgan fingerprint density at radius 2 is 1.55 bits per heavy atom. The Balaban J connectivity index is 2.42. The first-order chi connectivity index (χ1) is 13.2. The molecule has 0 fully saturated rings. The van der Waals surface area contributed by atoms with E-state index in [0.29, 0.717) is 12.8 Å². The van der Waals surface area contributed by atoms with Crippen molar-refractivity contribution >= 4 is 0 Å². The predicted molar refractivity (Wildman–Crippen MR) is 121 cm³/mol. The first kappa shape index (κ1) is 23.9. The molecule has 3 atom stereocenters. The van der Waals surface area contributed by atoms with Gasteiger partial charge >= 0.3 is 0 Å². The second-order valence-corrected chi connectivity index (χ2v) is 11.2. The summed E-state index contributed by atoms with van der Waals surface area (Å²) in [4.78, 5) is 0. The van der Waals surface area contributed by atoms with Crippen molar-refractivity contribution in [2.45, 2.75) is 80.6 Å². The van der Waals surface area contributed by atoms with Gasteiger partial charge in [0.05, 0.1) is 0 Å². The van der Waals surface area contributed by atoms with Crippen LogP contribution in [-0.4, -0.2) is 5.92 Å². The Morgan fingerprint density at radius 1 is 0.931 bits per heavy atom. The summed E-state index contributed by atoms with van der Waals surface area (Å²) in [6.07, 6.45) is 18.5. The summed E-state index contributed by atoms with van der Waals surface area (Å²) in [5.74, 6) is -2.81. The number of rotatable bonds is 4. The SMILES string of the molecule is CC1C=C=CC(C)(C(C)(C)C(F)(F)C(C)(C)C2C=CCC(C)(C)C=CC2)CC=C1. The zero-order valence-electron chi connectivity index (χ0n) is 19.7. The van der Waals surface area contributed by atoms with Crippen LogP contribution in [-0.2, 0) is 0 Å². The highest BCUT2D eigenvalue weighted by molar-refractivity contribution is 5.19. The highest BCUT2D eigenvalue weighted by Crippen LogP contribution is 2.61. The largest absolute Gasteiger partial charge is 0.259 e. The molecule has 162 valence electrons. The van der Waals surface area contributed by atoms with Gasteiger partial charge < -0.3 is 0 Å². The van der Waals surface area contributed by atoms with E-state index < -0.39 is 22.2 Å². The van der Waals surface area contributed by atoms with Crippen molar-refractivity contribution in [2.24, 2.45) is 33.5 Å². The molecule has 29 heavy (non-hydrogen) atoms. The van der Waals surface area contributed by atoms with Gasteiger partial charge in [-0.3, -0.25) is 0 Å². The van der Waals surface area contributed by atoms with Gasteiger partial charge in [0.25, 0.3) is 5.92 Å². The molecule has 0 amide bonds. The smallest absolute Gasteiger partial charge is 0.206 e. The molecule has 0 nitrogen and oxygen atoms in total. The van der Waals surface area contributed by atoms with Crippen LogP contribution in [0.15, 0.2) is 54.3 Å². The monoisotopic (exact) mass is 402 g/mol. The second-order valence-electron chi connectivity index (χ2n) is 11.2. The highest BCUT2D eigenvalue weighted by Gasteiger charge is 2.64. The van der Waals surface area contributed by atoms with E-state index in [9.17, 15) is 0 Å². The molecule has 0 bridgehead atoms. The summed E-state index contributed by atoms with van der Waals surface area (Å²) in [6, 6.07) is 0. The topological polar surface area (TPSA) is 0 Å². The van der Waals surface area contributed by atoms with Crippen molar-refractivity contribution in [2.75, 3.05) is 0 Å². The predicted octanol–water partition coefficient (Wildman–Crippen LogP) is 8.54. The van der Waals surface area contributed by atoms with Gasteiger partial charge in [-0.15, -0.1) is 5.73 Å². The number of hydrogen-bond acceptors (Lipinski definition) is 0. The lowest BCUT2D eigenvalue weighted by Crippen LogP contribution is -2.57. The van der Waals surface area contributed by atoms with Gasteiger partial charge in [-0.1, -0.05) is 91.8 Å². The van der Waals surface area contributed by atoms with Crippen molar-refractivity contribution < 1.29 is 8.78 Å². The fourth-order valence-electron chi connectivity index (χ4n) is 4.61. The highest BCUT2D eigenvalue weighted by atomic mass is 19.3. The third-order valence-electron chi connectivity index (χ3n) is 7.66. The molecule has 0 radical (unpaired) electrons. The lowest BCUT2D eigenvalue weighted by molar-refractivity contribution is -0.228. The third kappa shape index (κ3) is 4.53. The van der Waals surface area contributed by atoms with Crippen molar-refractivity contribution in [3.63, 3.8) is 0 Å². The maximum atomic E-state index is 16.4. The maximum absolute atomic E-state index is 16.4. The Labute approximate surface area is 177 Å². The molecule has 2 aliphatic carbocycles. The molecule has 0 aromatic rings. The van der Waals surface area contributed by atoms with Crippen LogP contribution < -0.4 is 0 Å². The molecule has 2 aliphatic rings. The molecule has 0 saturated heterocycles. The minimum atomic E-state index is -2.89. The second kappa shape index (κ2) is 8.03. The first-order valence-corrected chi connectivity index (χ1v) is 11.0. The zero-order valence-corrected chi connectivity index (χ0v) is 19.7. The molecule has 0 heterocycles. The van der Waals surface area contributed by atoms with E-state index in [1.807, 2.05) is 25.2 Å². The van der Waals surface area contributed by atoms with Gasteiger partial charge in [0.1, 0.15) is 0 Å². The molecular weight excluding hydrogens is 362 g/mol. The van der Waals surface area contributed by atoms with Crippen LogP contribution in [0.4, 0.5) is 8.78 Å². The lowest BCUT2D eigenvalue weighted by Gasteiger charge is -2.54. The van der Waals surface area contributed by atoms with E-state index in [4.69, 9.17) is 0 Å². The van der Waals surface area contributed by atoms with Gasteiger partial charge in [-0.25, -0.2) is 8.78 Å². The Kier molecular flexibility index (Phi) is 6.61.